The van der Waals surface area contributed by atoms with Crippen molar-refractivity contribution >= 4 is 40.8 Å². The summed E-state index contributed by atoms with van der Waals surface area (Å²) in [6.45, 7) is 5.30. The third-order valence-corrected chi connectivity index (χ3v) is 4.41. The van der Waals surface area contributed by atoms with Crippen molar-refractivity contribution in [1.82, 2.24) is 9.88 Å². The second kappa shape index (κ2) is 6.24. The van der Waals surface area contributed by atoms with Crippen LogP contribution in [-0.2, 0) is 4.79 Å². The predicted octanol–water partition coefficient (Wildman–Crippen LogP) is 1.94. The lowest BCUT2D eigenvalue weighted by molar-refractivity contribution is -0.123. The van der Waals surface area contributed by atoms with Crippen molar-refractivity contribution in [2.45, 2.75) is 20.8 Å². The zero-order valence-electron chi connectivity index (χ0n) is 14.8. The van der Waals surface area contributed by atoms with Crippen LogP contribution in [0, 0.1) is 5.41 Å². The number of rotatable bonds is 2. The minimum atomic E-state index is -0.665. The lowest BCUT2D eigenvalue weighted by Gasteiger charge is -2.19. The summed E-state index contributed by atoms with van der Waals surface area (Å²) in [7, 11) is 0. The molecule has 0 fully saturated rings. The number of nitrogens with two attached hydrogens (primary N) is 1. The monoisotopic (exact) mass is 388 g/mol. The number of aromatic nitrogens is 1. The molecular formula is C18H17ClN4O4. The molecule has 4 N–H and O–H groups in total. The number of anilines is 2. The Hall–Kier alpha value is -3.13. The second-order valence-electron chi connectivity index (χ2n) is 7.14. The first kappa shape index (κ1) is 18.7. The molecule has 0 unspecified atom stereocenters. The number of hydrogen-bond donors (Lipinski definition) is 3. The molecule has 0 spiro atoms. The van der Waals surface area contributed by atoms with E-state index >= 15 is 0 Å². The largest absolute Gasteiger partial charge is 0.384 e. The molecule has 3 amide bonds. The van der Waals surface area contributed by atoms with E-state index in [1.54, 1.807) is 20.8 Å². The maximum Gasteiger partial charge on any atom is 0.262 e. The summed E-state index contributed by atoms with van der Waals surface area (Å²) >= 11 is 6.24. The Morgan fingerprint density at radius 1 is 1.15 bits per heavy atom. The second-order valence-corrected chi connectivity index (χ2v) is 7.55. The fourth-order valence-electron chi connectivity index (χ4n) is 2.60. The molecular weight excluding hydrogens is 372 g/mol. The molecule has 1 aliphatic rings. The summed E-state index contributed by atoms with van der Waals surface area (Å²) in [5.41, 5.74) is 5.35. The van der Waals surface area contributed by atoms with Crippen LogP contribution < -0.4 is 21.9 Å². The highest BCUT2D eigenvalue weighted by Gasteiger charge is 2.32. The highest BCUT2D eigenvalue weighted by molar-refractivity contribution is 6.34. The molecule has 0 saturated heterocycles. The number of hydrogen-bond acceptors (Lipinski definition) is 5. The summed E-state index contributed by atoms with van der Waals surface area (Å²) in [4.78, 5) is 48.2. The Bertz CT molecular complexity index is 1070. The van der Waals surface area contributed by atoms with E-state index < -0.39 is 22.8 Å². The van der Waals surface area contributed by atoms with E-state index in [2.05, 4.69) is 10.6 Å². The van der Waals surface area contributed by atoms with Gasteiger partial charge in [-0.05, 0) is 18.2 Å². The number of carbonyl (C=O) groups excluding carboxylic acids is 3. The maximum absolute atomic E-state index is 12.4. The Morgan fingerprint density at radius 2 is 1.81 bits per heavy atom. The molecule has 0 radical (unpaired) electrons. The molecule has 1 aliphatic heterocycles. The van der Waals surface area contributed by atoms with E-state index in [0.29, 0.717) is 11.4 Å². The zero-order valence-corrected chi connectivity index (χ0v) is 15.6. The number of imide groups is 1. The Balaban J connectivity index is 2.07. The van der Waals surface area contributed by atoms with Crippen molar-refractivity contribution in [2.75, 3.05) is 11.1 Å². The van der Waals surface area contributed by atoms with Crippen LogP contribution in [0.5, 0.6) is 0 Å². The number of halogens is 1. The number of benzene rings is 1. The van der Waals surface area contributed by atoms with Crippen molar-refractivity contribution in [3.63, 3.8) is 0 Å². The lowest BCUT2D eigenvalue weighted by atomic mass is 9.95. The van der Waals surface area contributed by atoms with Gasteiger partial charge < -0.3 is 11.1 Å². The van der Waals surface area contributed by atoms with E-state index in [1.807, 2.05) is 0 Å². The molecule has 27 heavy (non-hydrogen) atoms. The zero-order chi connectivity index (χ0) is 20.1. The smallest absolute Gasteiger partial charge is 0.262 e. The molecule has 2 aromatic rings. The topological polar surface area (TPSA) is 123 Å². The number of fused-ring (bicyclic) bond motifs is 1. The molecule has 2 heterocycles. The number of carbonyl (C=O) groups is 3. The first-order valence-corrected chi connectivity index (χ1v) is 8.41. The Kier molecular flexibility index (Phi) is 4.31. The molecule has 3 rings (SSSR count). The van der Waals surface area contributed by atoms with Crippen molar-refractivity contribution in [2.24, 2.45) is 5.41 Å². The fourth-order valence-corrected chi connectivity index (χ4v) is 2.82. The molecule has 9 heteroatoms. The molecule has 140 valence electrons. The fraction of sp³-hybridized carbons (Fsp3) is 0.222. The van der Waals surface area contributed by atoms with Gasteiger partial charge in [0.05, 0.1) is 27.5 Å². The third kappa shape index (κ3) is 3.19. The normalized spacial score (nSPS) is 13.3. The van der Waals surface area contributed by atoms with Gasteiger partial charge in [-0.25, -0.2) is 0 Å². The van der Waals surface area contributed by atoms with E-state index in [0.717, 1.165) is 10.6 Å². The first-order valence-electron chi connectivity index (χ1n) is 8.03. The van der Waals surface area contributed by atoms with Gasteiger partial charge in [-0.15, -0.1) is 0 Å². The lowest BCUT2D eigenvalue weighted by Crippen LogP contribution is -2.28. The van der Waals surface area contributed by atoms with Crippen LogP contribution in [0.15, 0.2) is 29.1 Å². The van der Waals surface area contributed by atoms with E-state index in [-0.39, 0.29) is 27.9 Å². The Labute approximate surface area is 159 Å². The Morgan fingerprint density at radius 3 is 2.41 bits per heavy atom. The van der Waals surface area contributed by atoms with Gasteiger partial charge in [-0.3, -0.25) is 29.1 Å². The molecule has 0 bridgehead atoms. The quantitative estimate of drug-likeness (QED) is 0.678. The molecule has 1 aromatic carbocycles. The van der Waals surface area contributed by atoms with Crippen LogP contribution in [-0.4, -0.2) is 22.3 Å². The summed E-state index contributed by atoms with van der Waals surface area (Å²) in [6, 6.07) is 5.56. The number of nitrogen functional groups attached to an aromatic ring is 1. The van der Waals surface area contributed by atoms with Gasteiger partial charge in [0.2, 0.25) is 5.91 Å². The predicted molar refractivity (Wildman–Crippen MR) is 101 cm³/mol. The summed E-state index contributed by atoms with van der Waals surface area (Å²) in [5, 5.41) is 5.01. The number of nitrogens with zero attached hydrogens (tertiary/aromatic N) is 1. The van der Waals surface area contributed by atoms with Crippen LogP contribution in [0.1, 0.15) is 41.5 Å². The van der Waals surface area contributed by atoms with Crippen molar-refractivity contribution in [3.8, 4) is 5.69 Å². The number of nitrogens with one attached hydrogen (secondary N) is 2. The van der Waals surface area contributed by atoms with Gasteiger partial charge in [0.15, 0.2) is 0 Å². The van der Waals surface area contributed by atoms with Crippen LogP contribution >= 0.6 is 11.6 Å². The molecule has 0 aliphatic carbocycles. The average Bonchev–Trinajstić information content (AvgIpc) is 2.83. The SMILES string of the molecule is CC(C)(C)C(=O)Nc1ccc(-n2c(N)c3c(cc2=O)C(=O)NC3=O)cc1Cl. The van der Waals surface area contributed by atoms with Gasteiger partial charge in [-0.1, -0.05) is 32.4 Å². The maximum atomic E-state index is 12.4. The van der Waals surface area contributed by atoms with E-state index in [4.69, 9.17) is 17.3 Å². The van der Waals surface area contributed by atoms with E-state index in [9.17, 15) is 19.2 Å². The summed E-state index contributed by atoms with van der Waals surface area (Å²) in [6.07, 6.45) is 0. The number of pyridine rings is 1. The molecule has 0 saturated carbocycles. The van der Waals surface area contributed by atoms with Crippen LogP contribution in [0.25, 0.3) is 5.69 Å². The van der Waals surface area contributed by atoms with Crippen molar-refractivity contribution < 1.29 is 14.4 Å². The summed E-state index contributed by atoms with van der Waals surface area (Å²) in [5.74, 6) is -1.71. The highest BCUT2D eigenvalue weighted by Crippen LogP contribution is 2.29. The minimum absolute atomic E-state index is 0.0548. The van der Waals surface area contributed by atoms with Gasteiger partial charge >= 0.3 is 0 Å². The van der Waals surface area contributed by atoms with Gasteiger partial charge in [0.1, 0.15) is 5.82 Å². The van der Waals surface area contributed by atoms with Crippen LogP contribution in [0.4, 0.5) is 11.5 Å². The van der Waals surface area contributed by atoms with Crippen LogP contribution in [0.2, 0.25) is 5.02 Å². The standard InChI is InChI=1S/C18H17ClN4O4/c1-18(2,3)17(27)21-11-5-4-8(6-10(11)19)23-12(24)7-9-13(14(23)20)16(26)22-15(9)25/h4-7H,20H2,1-3H3,(H,21,27)(H,22,25,26). The molecule has 1 aromatic heterocycles. The number of amides is 3. The average molecular weight is 389 g/mol. The molecule has 0 atom stereocenters. The van der Waals surface area contributed by atoms with Gasteiger partial charge in [0.25, 0.3) is 17.4 Å². The first-order chi connectivity index (χ1) is 12.5. The van der Waals surface area contributed by atoms with Gasteiger partial charge in [0, 0.05) is 11.5 Å². The van der Waals surface area contributed by atoms with E-state index in [1.165, 1.54) is 18.2 Å². The summed E-state index contributed by atoms with van der Waals surface area (Å²) < 4.78 is 1.08. The van der Waals surface area contributed by atoms with Crippen molar-refractivity contribution in [3.05, 3.63) is 50.8 Å². The highest BCUT2D eigenvalue weighted by atomic mass is 35.5. The molecule has 8 nitrogen and oxygen atoms in total. The van der Waals surface area contributed by atoms with Crippen LogP contribution in [0.3, 0.4) is 0 Å². The van der Waals surface area contributed by atoms with Crippen molar-refractivity contribution in [1.29, 1.82) is 0 Å². The van der Waals surface area contributed by atoms with Gasteiger partial charge in [-0.2, -0.15) is 0 Å². The minimum Gasteiger partial charge on any atom is -0.384 e. The third-order valence-electron chi connectivity index (χ3n) is 4.09.